The van der Waals surface area contributed by atoms with E-state index in [1.807, 2.05) is 0 Å². The number of esters is 1. The summed E-state index contributed by atoms with van der Waals surface area (Å²) in [6.45, 7) is 0. The molecule has 0 aliphatic rings. The van der Waals surface area contributed by atoms with Crippen LogP contribution in [0.2, 0.25) is 5.02 Å². The molecule has 1 rings (SSSR count). The molecule has 0 saturated heterocycles. The largest absolute Gasteiger partial charge is 0.468 e. The van der Waals surface area contributed by atoms with Crippen LogP contribution in [0, 0.1) is 5.82 Å². The summed E-state index contributed by atoms with van der Waals surface area (Å²) < 4.78 is 17.7. The van der Waals surface area contributed by atoms with Gasteiger partial charge in [-0.05, 0) is 6.07 Å². The minimum absolute atomic E-state index is 0.0195. The van der Waals surface area contributed by atoms with Gasteiger partial charge in [-0.1, -0.05) is 23.7 Å². The van der Waals surface area contributed by atoms with Crippen molar-refractivity contribution in [3.05, 3.63) is 34.6 Å². The number of carbonyl (C=O) groups excluding carboxylic acids is 1. The van der Waals surface area contributed by atoms with E-state index < -0.39 is 17.2 Å². The van der Waals surface area contributed by atoms with Gasteiger partial charge in [0.1, 0.15) is 5.82 Å². The van der Waals surface area contributed by atoms with E-state index in [-0.39, 0.29) is 10.6 Å². The van der Waals surface area contributed by atoms with Crippen molar-refractivity contribution in [1.29, 1.82) is 0 Å². The molecule has 14 heavy (non-hydrogen) atoms. The van der Waals surface area contributed by atoms with Crippen molar-refractivity contribution in [3.8, 4) is 0 Å². The van der Waals surface area contributed by atoms with Gasteiger partial charge >= 0.3 is 5.97 Å². The van der Waals surface area contributed by atoms with E-state index in [0.717, 1.165) is 0 Å². The molecule has 0 spiro atoms. The van der Waals surface area contributed by atoms with E-state index in [2.05, 4.69) is 4.74 Å². The molecule has 0 heterocycles. The Morgan fingerprint density at radius 3 is 2.79 bits per heavy atom. The summed E-state index contributed by atoms with van der Waals surface area (Å²) in [5.74, 6) is -1.41. The van der Waals surface area contributed by atoms with Gasteiger partial charge in [-0.2, -0.15) is 0 Å². The lowest BCUT2D eigenvalue weighted by atomic mass is 10.1. The predicted octanol–water partition coefficient (Wildman–Crippen LogP) is 2.93. The van der Waals surface area contributed by atoms with Crippen LogP contribution in [0.4, 0.5) is 4.39 Å². The quantitative estimate of drug-likeness (QED) is 0.583. The molecule has 0 fully saturated rings. The van der Waals surface area contributed by atoms with Crippen molar-refractivity contribution in [2.75, 3.05) is 7.11 Å². The van der Waals surface area contributed by atoms with Crippen LogP contribution in [-0.2, 0) is 9.53 Å². The number of rotatable bonds is 2. The highest BCUT2D eigenvalue weighted by molar-refractivity contribution is 6.32. The first kappa shape index (κ1) is 11.3. The smallest absolute Gasteiger partial charge is 0.328 e. The Bertz CT molecular complexity index is 355. The lowest BCUT2D eigenvalue weighted by Crippen LogP contribution is -2.10. The standard InChI is InChI=1S/C9H7Cl2FO2/c1-14-9(13)7(11)5-3-2-4-6(10)8(5)12/h2-4,7H,1H3. The van der Waals surface area contributed by atoms with Gasteiger partial charge in [-0.3, -0.25) is 4.79 Å². The van der Waals surface area contributed by atoms with E-state index in [9.17, 15) is 9.18 Å². The molecule has 1 atom stereocenters. The molecule has 5 heteroatoms. The maximum Gasteiger partial charge on any atom is 0.328 e. The highest BCUT2D eigenvalue weighted by Gasteiger charge is 2.22. The summed E-state index contributed by atoms with van der Waals surface area (Å²) in [4.78, 5) is 11.0. The Labute approximate surface area is 90.6 Å². The van der Waals surface area contributed by atoms with Gasteiger partial charge in [0.2, 0.25) is 0 Å². The fraction of sp³-hybridized carbons (Fsp3) is 0.222. The number of alkyl halides is 1. The molecule has 0 radical (unpaired) electrons. The molecule has 0 amide bonds. The Morgan fingerprint density at radius 1 is 1.57 bits per heavy atom. The number of methoxy groups -OCH3 is 1. The van der Waals surface area contributed by atoms with E-state index in [4.69, 9.17) is 23.2 Å². The number of hydrogen-bond donors (Lipinski definition) is 0. The SMILES string of the molecule is COC(=O)C(Cl)c1cccc(Cl)c1F. The Kier molecular flexibility index (Phi) is 3.72. The van der Waals surface area contributed by atoms with Gasteiger partial charge in [0.15, 0.2) is 5.38 Å². The molecular weight excluding hydrogens is 230 g/mol. The maximum atomic E-state index is 13.3. The van der Waals surface area contributed by atoms with E-state index in [1.165, 1.54) is 25.3 Å². The van der Waals surface area contributed by atoms with Gasteiger partial charge < -0.3 is 4.74 Å². The molecule has 0 N–H and O–H groups in total. The summed E-state index contributed by atoms with van der Waals surface area (Å²) in [7, 11) is 1.18. The van der Waals surface area contributed by atoms with Crippen LogP contribution in [-0.4, -0.2) is 13.1 Å². The van der Waals surface area contributed by atoms with E-state index in [0.29, 0.717) is 0 Å². The first-order valence-corrected chi connectivity index (χ1v) is 4.55. The van der Waals surface area contributed by atoms with Gasteiger partial charge in [-0.25, -0.2) is 4.39 Å². The van der Waals surface area contributed by atoms with Crippen LogP contribution >= 0.6 is 23.2 Å². The molecule has 0 bridgehead atoms. The summed E-state index contributed by atoms with van der Waals surface area (Å²) in [6.07, 6.45) is 0. The van der Waals surface area contributed by atoms with E-state index in [1.54, 1.807) is 0 Å². The lowest BCUT2D eigenvalue weighted by molar-refractivity contribution is -0.140. The van der Waals surface area contributed by atoms with Crippen LogP contribution in [0.25, 0.3) is 0 Å². The van der Waals surface area contributed by atoms with E-state index >= 15 is 0 Å². The zero-order valence-corrected chi connectivity index (χ0v) is 8.77. The van der Waals surface area contributed by atoms with Crippen molar-refractivity contribution in [3.63, 3.8) is 0 Å². The molecule has 1 aromatic rings. The van der Waals surface area contributed by atoms with Gasteiger partial charge in [0.25, 0.3) is 0 Å². The van der Waals surface area contributed by atoms with Crippen molar-refractivity contribution < 1.29 is 13.9 Å². The van der Waals surface area contributed by atoms with Crippen LogP contribution in [0.1, 0.15) is 10.9 Å². The molecule has 0 aromatic heterocycles. The summed E-state index contributed by atoms with van der Waals surface area (Å²) >= 11 is 11.2. The highest BCUT2D eigenvalue weighted by Crippen LogP contribution is 2.28. The zero-order valence-electron chi connectivity index (χ0n) is 7.26. The zero-order chi connectivity index (χ0) is 10.7. The average Bonchev–Trinajstić information content (AvgIpc) is 2.20. The molecule has 1 aromatic carbocycles. The predicted molar refractivity (Wildman–Crippen MR) is 52.0 cm³/mol. The second-order valence-electron chi connectivity index (χ2n) is 2.53. The lowest BCUT2D eigenvalue weighted by Gasteiger charge is -2.08. The van der Waals surface area contributed by atoms with Gasteiger partial charge in [0.05, 0.1) is 12.1 Å². The third kappa shape index (κ3) is 2.16. The number of halogens is 3. The molecule has 76 valence electrons. The minimum atomic E-state index is -1.17. The van der Waals surface area contributed by atoms with Gasteiger partial charge in [-0.15, -0.1) is 11.6 Å². The first-order chi connectivity index (χ1) is 6.57. The summed E-state index contributed by atoms with van der Waals surface area (Å²) in [6, 6.07) is 4.27. The number of ether oxygens (including phenoxy) is 1. The van der Waals surface area contributed by atoms with Crippen LogP contribution < -0.4 is 0 Å². The third-order valence-corrected chi connectivity index (χ3v) is 2.37. The number of carbonyl (C=O) groups is 1. The Hall–Kier alpha value is -0.800. The molecule has 0 aliphatic heterocycles. The van der Waals surface area contributed by atoms with Crippen molar-refractivity contribution in [2.45, 2.75) is 5.38 Å². The average molecular weight is 237 g/mol. The second-order valence-corrected chi connectivity index (χ2v) is 3.37. The summed E-state index contributed by atoms with van der Waals surface area (Å²) in [5.41, 5.74) is 0.0195. The van der Waals surface area contributed by atoms with Gasteiger partial charge in [0, 0.05) is 5.56 Å². The molecule has 0 saturated carbocycles. The molecular formula is C9H7Cl2FO2. The first-order valence-electron chi connectivity index (χ1n) is 3.73. The highest BCUT2D eigenvalue weighted by atomic mass is 35.5. The maximum absolute atomic E-state index is 13.3. The van der Waals surface area contributed by atoms with Crippen LogP contribution in [0.3, 0.4) is 0 Å². The third-order valence-electron chi connectivity index (χ3n) is 1.66. The second kappa shape index (κ2) is 4.62. The molecule has 0 aliphatic carbocycles. The van der Waals surface area contributed by atoms with Crippen molar-refractivity contribution in [1.82, 2.24) is 0 Å². The molecule has 2 nitrogen and oxygen atoms in total. The fourth-order valence-electron chi connectivity index (χ4n) is 0.947. The fourth-order valence-corrected chi connectivity index (χ4v) is 1.39. The number of benzene rings is 1. The van der Waals surface area contributed by atoms with Crippen molar-refractivity contribution >= 4 is 29.2 Å². The topological polar surface area (TPSA) is 26.3 Å². The monoisotopic (exact) mass is 236 g/mol. The molecule has 1 unspecified atom stereocenters. The normalized spacial score (nSPS) is 12.3. The Morgan fingerprint density at radius 2 is 2.21 bits per heavy atom. The Balaban J connectivity index is 3.07. The minimum Gasteiger partial charge on any atom is -0.468 e. The number of hydrogen-bond acceptors (Lipinski definition) is 2. The van der Waals surface area contributed by atoms with Crippen LogP contribution in [0.5, 0.6) is 0 Å². The van der Waals surface area contributed by atoms with Crippen LogP contribution in [0.15, 0.2) is 18.2 Å². The summed E-state index contributed by atoms with van der Waals surface area (Å²) in [5, 5.41) is -1.24. The van der Waals surface area contributed by atoms with Crippen molar-refractivity contribution in [2.24, 2.45) is 0 Å².